The van der Waals surface area contributed by atoms with Crippen molar-refractivity contribution in [3.8, 4) is 23.1 Å². The molecule has 172 valence electrons. The van der Waals surface area contributed by atoms with Gasteiger partial charge in [-0.2, -0.15) is 4.98 Å². The maximum absolute atomic E-state index is 13.7. The quantitative estimate of drug-likeness (QED) is 0.440. The van der Waals surface area contributed by atoms with Crippen molar-refractivity contribution in [1.29, 1.82) is 0 Å². The smallest absolute Gasteiger partial charge is 0.255 e. The third-order valence-corrected chi connectivity index (χ3v) is 5.60. The predicted molar refractivity (Wildman–Crippen MR) is 127 cm³/mol. The van der Waals surface area contributed by atoms with E-state index in [2.05, 4.69) is 20.7 Å². The van der Waals surface area contributed by atoms with Crippen molar-refractivity contribution in [2.45, 2.75) is 13.0 Å². The summed E-state index contributed by atoms with van der Waals surface area (Å²) >= 11 is 0. The first-order valence-electron chi connectivity index (χ1n) is 10.7. The number of para-hydroxylation sites is 2. The Morgan fingerprint density at radius 2 is 1.94 bits per heavy atom. The molecule has 4 aromatic rings. The average Bonchev–Trinajstić information content (AvgIpc) is 3.53. The Labute approximate surface area is 196 Å². The number of hydrogen-bond donors (Lipinski definition) is 2. The lowest BCUT2D eigenvalue weighted by Gasteiger charge is -2.29. The van der Waals surface area contributed by atoms with Crippen LogP contribution in [0.4, 0.5) is 11.6 Å². The molecular weight excluding hydrogens is 434 g/mol. The van der Waals surface area contributed by atoms with Crippen molar-refractivity contribution >= 4 is 17.5 Å². The van der Waals surface area contributed by atoms with Gasteiger partial charge in [0.2, 0.25) is 11.8 Å². The number of carbonyl (C=O) groups is 1. The van der Waals surface area contributed by atoms with E-state index in [9.17, 15) is 4.79 Å². The Kier molecular flexibility index (Phi) is 5.51. The van der Waals surface area contributed by atoms with Crippen molar-refractivity contribution in [2.75, 3.05) is 24.9 Å². The number of carbonyl (C=O) groups excluding carboxylic acids is 1. The fourth-order valence-corrected chi connectivity index (χ4v) is 4.01. The molecule has 34 heavy (non-hydrogen) atoms. The van der Waals surface area contributed by atoms with E-state index in [-0.39, 0.29) is 5.91 Å². The van der Waals surface area contributed by atoms with Crippen molar-refractivity contribution in [2.24, 2.45) is 0 Å². The molecule has 2 aromatic heterocycles. The summed E-state index contributed by atoms with van der Waals surface area (Å²) in [6.45, 7) is 1.84. The van der Waals surface area contributed by atoms with Gasteiger partial charge >= 0.3 is 0 Å². The monoisotopic (exact) mass is 457 g/mol. The van der Waals surface area contributed by atoms with Crippen LogP contribution in [0, 0.1) is 0 Å². The minimum Gasteiger partial charge on any atom is -0.497 e. The summed E-state index contributed by atoms with van der Waals surface area (Å²) in [6, 6.07) is 17.8. The number of ether oxygens (including phenoxy) is 2. The van der Waals surface area contributed by atoms with Crippen LogP contribution in [-0.2, 0) is 4.79 Å². The van der Waals surface area contributed by atoms with E-state index in [0.717, 1.165) is 5.56 Å². The molecule has 0 aliphatic carbocycles. The van der Waals surface area contributed by atoms with Crippen LogP contribution in [0.5, 0.6) is 11.5 Å². The van der Waals surface area contributed by atoms with Gasteiger partial charge in [-0.25, -0.2) is 4.68 Å². The van der Waals surface area contributed by atoms with E-state index >= 15 is 0 Å². The van der Waals surface area contributed by atoms with Crippen LogP contribution in [0.3, 0.4) is 0 Å². The van der Waals surface area contributed by atoms with Gasteiger partial charge in [-0.15, -0.1) is 5.10 Å². The summed E-state index contributed by atoms with van der Waals surface area (Å²) in [6.07, 6.45) is 1.57. The molecule has 0 bridgehead atoms. The van der Waals surface area contributed by atoms with Gasteiger partial charge in [-0.05, 0) is 48.9 Å². The predicted octanol–water partition coefficient (Wildman–Crippen LogP) is 4.48. The number of anilines is 2. The van der Waals surface area contributed by atoms with Crippen LogP contribution < -0.4 is 20.1 Å². The van der Waals surface area contributed by atoms with Crippen molar-refractivity contribution < 1.29 is 18.7 Å². The summed E-state index contributed by atoms with van der Waals surface area (Å²) in [5, 5.41) is 10.9. The highest BCUT2D eigenvalue weighted by Crippen LogP contribution is 2.38. The number of amides is 1. The lowest BCUT2D eigenvalue weighted by atomic mass is 9.95. The molecule has 0 saturated carbocycles. The zero-order chi connectivity index (χ0) is 23.7. The molecule has 1 aliphatic heterocycles. The molecule has 0 saturated heterocycles. The molecule has 1 atom stereocenters. The van der Waals surface area contributed by atoms with Gasteiger partial charge in [-0.3, -0.25) is 4.79 Å². The Bertz CT molecular complexity index is 1370. The maximum Gasteiger partial charge on any atom is 0.255 e. The van der Waals surface area contributed by atoms with Crippen LogP contribution in [-0.4, -0.2) is 34.9 Å². The first-order valence-corrected chi connectivity index (χ1v) is 10.7. The summed E-state index contributed by atoms with van der Waals surface area (Å²) in [4.78, 5) is 18.3. The Morgan fingerprint density at radius 3 is 2.71 bits per heavy atom. The normalized spacial score (nSPS) is 14.9. The van der Waals surface area contributed by atoms with E-state index in [1.165, 1.54) is 0 Å². The second-order valence-electron chi connectivity index (χ2n) is 7.68. The molecule has 2 aromatic carbocycles. The van der Waals surface area contributed by atoms with Crippen LogP contribution in [0.2, 0.25) is 0 Å². The lowest BCUT2D eigenvalue weighted by molar-refractivity contribution is -0.113. The van der Waals surface area contributed by atoms with Gasteiger partial charge in [-0.1, -0.05) is 24.3 Å². The molecule has 0 unspecified atom stereocenters. The van der Waals surface area contributed by atoms with E-state index < -0.39 is 6.04 Å². The summed E-state index contributed by atoms with van der Waals surface area (Å²) < 4.78 is 18.0. The van der Waals surface area contributed by atoms with Gasteiger partial charge < -0.3 is 24.5 Å². The zero-order valence-corrected chi connectivity index (χ0v) is 18.9. The number of methoxy groups -OCH3 is 2. The Balaban J connectivity index is 1.61. The topological polar surface area (TPSA) is 103 Å². The van der Waals surface area contributed by atoms with Gasteiger partial charge in [0.1, 0.15) is 17.5 Å². The highest BCUT2D eigenvalue weighted by molar-refractivity contribution is 6.06. The van der Waals surface area contributed by atoms with Crippen LogP contribution in [0.15, 0.2) is 82.6 Å². The Hall–Kier alpha value is -4.53. The highest BCUT2D eigenvalue weighted by atomic mass is 16.5. The number of benzene rings is 2. The van der Waals surface area contributed by atoms with Crippen LogP contribution in [0.25, 0.3) is 11.6 Å². The molecule has 3 heterocycles. The molecule has 0 fully saturated rings. The third-order valence-electron chi connectivity index (χ3n) is 5.60. The molecule has 1 amide bonds. The van der Waals surface area contributed by atoms with E-state index in [0.29, 0.717) is 46.0 Å². The largest absolute Gasteiger partial charge is 0.497 e. The number of hydrogen-bond acceptors (Lipinski definition) is 7. The van der Waals surface area contributed by atoms with Crippen molar-refractivity contribution in [3.05, 3.63) is 83.8 Å². The highest BCUT2D eigenvalue weighted by Gasteiger charge is 2.35. The molecule has 9 heteroatoms. The molecule has 0 spiro atoms. The lowest BCUT2D eigenvalue weighted by Crippen LogP contribution is -2.31. The summed E-state index contributed by atoms with van der Waals surface area (Å²) in [5.74, 6) is 2.40. The molecule has 1 aliphatic rings. The van der Waals surface area contributed by atoms with Gasteiger partial charge in [0.25, 0.3) is 5.91 Å². The second kappa shape index (κ2) is 8.78. The first-order chi connectivity index (χ1) is 16.6. The minimum atomic E-state index is -0.558. The Morgan fingerprint density at radius 1 is 1.09 bits per heavy atom. The zero-order valence-electron chi connectivity index (χ0n) is 18.9. The molecule has 9 nitrogen and oxygen atoms in total. The standard InChI is InChI=1S/C25H23N5O4/c1-15-21(24(31)27-18-10-4-5-11-19(18)33-3)22(16-8-6-9-17(14-16)32-2)30-25(26-15)28-23(29-30)20-12-7-13-34-20/h4-14,22H,1-3H3,(H,27,31)(H,26,28,29)/t22-/m1/s1. The maximum atomic E-state index is 13.7. The van der Waals surface area contributed by atoms with E-state index in [1.807, 2.05) is 43.3 Å². The summed E-state index contributed by atoms with van der Waals surface area (Å²) in [7, 11) is 3.17. The van der Waals surface area contributed by atoms with Crippen molar-refractivity contribution in [3.63, 3.8) is 0 Å². The number of rotatable bonds is 6. The van der Waals surface area contributed by atoms with Crippen LogP contribution >= 0.6 is 0 Å². The third kappa shape index (κ3) is 3.77. The van der Waals surface area contributed by atoms with Crippen LogP contribution in [0.1, 0.15) is 18.5 Å². The van der Waals surface area contributed by atoms with Crippen molar-refractivity contribution in [1.82, 2.24) is 14.8 Å². The van der Waals surface area contributed by atoms with Gasteiger partial charge in [0.05, 0.1) is 31.7 Å². The summed E-state index contributed by atoms with van der Waals surface area (Å²) in [5.41, 5.74) is 2.54. The molecule has 0 radical (unpaired) electrons. The second-order valence-corrected chi connectivity index (χ2v) is 7.68. The van der Waals surface area contributed by atoms with E-state index in [4.69, 9.17) is 13.9 Å². The average molecular weight is 457 g/mol. The van der Waals surface area contributed by atoms with Gasteiger partial charge in [0.15, 0.2) is 5.76 Å². The van der Waals surface area contributed by atoms with E-state index in [1.54, 1.807) is 49.4 Å². The molecule has 5 rings (SSSR count). The molecule has 2 N–H and O–H groups in total. The minimum absolute atomic E-state index is 0.289. The number of aromatic nitrogens is 3. The van der Waals surface area contributed by atoms with Gasteiger partial charge in [0, 0.05) is 5.70 Å². The first kappa shape index (κ1) is 21.3. The fraction of sp³-hybridized carbons (Fsp3) is 0.160. The molecular formula is C25H23N5O4. The number of allylic oxidation sites excluding steroid dienone is 1. The number of nitrogens with zero attached hydrogens (tertiary/aromatic N) is 3. The number of fused-ring (bicyclic) bond motifs is 1. The number of furan rings is 1. The SMILES string of the molecule is COc1cccc([C@@H]2C(C(=O)Nc3ccccc3OC)=C(C)Nc3nc(-c4ccco4)nn32)c1. The number of nitrogens with one attached hydrogen (secondary N) is 2. The fourth-order valence-electron chi connectivity index (χ4n) is 4.01.